The van der Waals surface area contributed by atoms with E-state index in [-0.39, 0.29) is 37.1 Å². The van der Waals surface area contributed by atoms with E-state index < -0.39 is 21.6 Å². The Kier molecular flexibility index (Phi) is 11.1. The minimum atomic E-state index is -3.91. The van der Waals surface area contributed by atoms with E-state index in [1.165, 1.54) is 12.1 Å². The first kappa shape index (κ1) is 31.5. The highest BCUT2D eigenvalue weighted by Crippen LogP contribution is 2.36. The Labute approximate surface area is 253 Å². The molecule has 0 saturated carbocycles. The number of benzene rings is 4. The Morgan fingerprint density at radius 1 is 0.744 bits per heavy atom. The molecular formula is C34H36N2O6S. The zero-order valence-electron chi connectivity index (χ0n) is 24.1. The van der Waals surface area contributed by atoms with Crippen LogP contribution in [0.5, 0.6) is 0 Å². The maximum Gasteiger partial charge on any atom is 0.407 e. The minimum Gasteiger partial charge on any atom is -0.445 e. The van der Waals surface area contributed by atoms with Gasteiger partial charge in [-0.3, -0.25) is 8.98 Å². The topological polar surface area (TPSA) is 111 Å². The van der Waals surface area contributed by atoms with Gasteiger partial charge in [0.1, 0.15) is 6.61 Å². The molecule has 224 valence electrons. The van der Waals surface area contributed by atoms with Crippen LogP contribution in [0.25, 0.3) is 0 Å². The smallest absolute Gasteiger partial charge is 0.407 e. The fraction of sp³-hybridized carbons (Fsp3) is 0.235. The molecular weight excluding hydrogens is 564 g/mol. The number of aryl methyl sites for hydroxylation is 1. The highest BCUT2D eigenvalue weighted by molar-refractivity contribution is 7.86. The molecule has 0 fully saturated rings. The molecule has 8 nitrogen and oxygen atoms in total. The summed E-state index contributed by atoms with van der Waals surface area (Å²) >= 11 is 0. The number of hydrogen-bond donors (Lipinski definition) is 2. The van der Waals surface area contributed by atoms with Crippen molar-refractivity contribution in [1.82, 2.24) is 10.6 Å². The van der Waals surface area contributed by atoms with Gasteiger partial charge in [-0.15, -0.1) is 0 Å². The molecule has 0 aliphatic heterocycles. The standard InChI is InChI=1S/C34H36N2O6S/c1-27-18-20-31(21-19-27)43(39,40)42-23-11-22-34(29-14-7-3-8-15-29,30-16-9-4-10-17-30)26-36-32(37)24-35-33(38)41-25-28-12-5-2-6-13-28/h2-10,12-21H,11,22-26H2,1H3,(H,35,38)(H,36,37). The summed E-state index contributed by atoms with van der Waals surface area (Å²) in [6.45, 7) is 1.91. The molecule has 2 N–H and O–H groups in total. The monoisotopic (exact) mass is 600 g/mol. The van der Waals surface area contributed by atoms with Crippen molar-refractivity contribution in [3.05, 3.63) is 138 Å². The lowest BCUT2D eigenvalue weighted by Gasteiger charge is -2.35. The van der Waals surface area contributed by atoms with Crippen LogP contribution < -0.4 is 10.6 Å². The summed E-state index contributed by atoms with van der Waals surface area (Å²) in [5.41, 5.74) is 3.02. The van der Waals surface area contributed by atoms with Gasteiger partial charge in [-0.05, 0) is 48.6 Å². The Bertz CT molecular complexity index is 1520. The molecule has 0 aromatic heterocycles. The van der Waals surface area contributed by atoms with E-state index in [9.17, 15) is 18.0 Å². The Hall–Kier alpha value is -4.47. The molecule has 0 aliphatic carbocycles. The van der Waals surface area contributed by atoms with Gasteiger partial charge in [0.2, 0.25) is 5.91 Å². The highest BCUT2D eigenvalue weighted by Gasteiger charge is 2.34. The molecule has 0 aliphatic rings. The molecule has 2 amide bonds. The summed E-state index contributed by atoms with van der Waals surface area (Å²) in [7, 11) is -3.91. The first-order valence-electron chi connectivity index (χ1n) is 14.1. The Morgan fingerprint density at radius 3 is 1.88 bits per heavy atom. The van der Waals surface area contributed by atoms with E-state index in [2.05, 4.69) is 10.6 Å². The van der Waals surface area contributed by atoms with Gasteiger partial charge in [-0.2, -0.15) is 8.42 Å². The summed E-state index contributed by atoms with van der Waals surface area (Å²) in [6.07, 6.45) is 0.190. The van der Waals surface area contributed by atoms with E-state index in [0.29, 0.717) is 12.8 Å². The van der Waals surface area contributed by atoms with Gasteiger partial charge in [-0.1, -0.05) is 109 Å². The van der Waals surface area contributed by atoms with Crippen molar-refractivity contribution in [1.29, 1.82) is 0 Å². The first-order valence-corrected chi connectivity index (χ1v) is 15.5. The van der Waals surface area contributed by atoms with Crippen LogP contribution in [-0.2, 0) is 35.9 Å². The van der Waals surface area contributed by atoms with Crippen molar-refractivity contribution in [2.45, 2.75) is 36.7 Å². The zero-order chi connectivity index (χ0) is 30.5. The Morgan fingerprint density at radius 2 is 1.30 bits per heavy atom. The summed E-state index contributed by atoms with van der Waals surface area (Å²) in [4.78, 5) is 25.2. The van der Waals surface area contributed by atoms with Crippen LogP contribution in [0.15, 0.2) is 120 Å². The van der Waals surface area contributed by atoms with E-state index in [0.717, 1.165) is 22.3 Å². The number of hydrogen-bond acceptors (Lipinski definition) is 6. The van der Waals surface area contributed by atoms with E-state index in [1.54, 1.807) is 12.1 Å². The number of carbonyl (C=O) groups is 2. The quantitative estimate of drug-likeness (QED) is 0.146. The second-order valence-corrected chi connectivity index (χ2v) is 11.8. The lowest BCUT2D eigenvalue weighted by atomic mass is 9.71. The van der Waals surface area contributed by atoms with Crippen LogP contribution in [0.2, 0.25) is 0 Å². The molecule has 0 heterocycles. The number of nitrogens with one attached hydrogen (secondary N) is 2. The fourth-order valence-electron chi connectivity index (χ4n) is 4.82. The molecule has 0 atom stereocenters. The number of carbonyl (C=O) groups excluding carboxylic acids is 2. The second kappa shape index (κ2) is 15.1. The van der Waals surface area contributed by atoms with Crippen molar-refractivity contribution in [3.63, 3.8) is 0 Å². The third-order valence-corrected chi connectivity index (χ3v) is 8.47. The van der Waals surface area contributed by atoms with Crippen LogP contribution in [-0.4, -0.2) is 40.1 Å². The van der Waals surface area contributed by atoms with Gasteiger partial charge in [0, 0.05) is 12.0 Å². The summed E-state index contributed by atoms with van der Waals surface area (Å²) in [6, 6.07) is 35.3. The van der Waals surface area contributed by atoms with Crippen LogP contribution >= 0.6 is 0 Å². The predicted octanol–water partition coefficient (Wildman–Crippen LogP) is 5.51. The van der Waals surface area contributed by atoms with Gasteiger partial charge in [0.15, 0.2) is 0 Å². The molecule has 0 spiro atoms. The van der Waals surface area contributed by atoms with Gasteiger partial charge in [0.25, 0.3) is 10.1 Å². The molecule has 0 radical (unpaired) electrons. The second-order valence-electron chi connectivity index (χ2n) is 10.2. The van der Waals surface area contributed by atoms with Gasteiger partial charge >= 0.3 is 6.09 Å². The Balaban J connectivity index is 1.43. The molecule has 0 bridgehead atoms. The van der Waals surface area contributed by atoms with Crippen molar-refractivity contribution in [3.8, 4) is 0 Å². The maximum absolute atomic E-state index is 12.9. The van der Waals surface area contributed by atoms with Gasteiger partial charge in [-0.25, -0.2) is 4.79 Å². The summed E-state index contributed by atoms with van der Waals surface area (Å²) in [5, 5.41) is 5.47. The molecule has 4 aromatic rings. The van der Waals surface area contributed by atoms with E-state index in [1.807, 2.05) is 97.9 Å². The zero-order valence-corrected chi connectivity index (χ0v) is 24.9. The number of rotatable bonds is 14. The largest absolute Gasteiger partial charge is 0.445 e. The minimum absolute atomic E-state index is 0.0274. The molecule has 9 heteroatoms. The van der Waals surface area contributed by atoms with Crippen molar-refractivity contribution in [2.24, 2.45) is 0 Å². The van der Waals surface area contributed by atoms with E-state index >= 15 is 0 Å². The summed E-state index contributed by atoms with van der Waals surface area (Å²) < 4.78 is 36.1. The van der Waals surface area contributed by atoms with Crippen LogP contribution in [0.3, 0.4) is 0 Å². The van der Waals surface area contributed by atoms with Crippen LogP contribution in [0, 0.1) is 6.92 Å². The summed E-state index contributed by atoms with van der Waals surface area (Å²) in [5.74, 6) is -0.383. The molecule has 43 heavy (non-hydrogen) atoms. The molecule has 4 aromatic carbocycles. The highest BCUT2D eigenvalue weighted by atomic mass is 32.2. The molecule has 0 saturated heterocycles. The average molecular weight is 601 g/mol. The maximum atomic E-state index is 12.9. The lowest BCUT2D eigenvalue weighted by Crippen LogP contribution is -2.45. The number of alkyl carbamates (subject to hydrolysis) is 1. The number of ether oxygens (including phenoxy) is 1. The predicted molar refractivity (Wildman–Crippen MR) is 165 cm³/mol. The normalized spacial score (nSPS) is 11.5. The molecule has 0 unspecified atom stereocenters. The van der Waals surface area contributed by atoms with Crippen molar-refractivity contribution < 1.29 is 26.9 Å². The van der Waals surface area contributed by atoms with Crippen LogP contribution in [0.4, 0.5) is 4.79 Å². The third-order valence-electron chi connectivity index (χ3n) is 7.14. The first-order chi connectivity index (χ1) is 20.8. The van der Waals surface area contributed by atoms with Gasteiger partial charge in [0.05, 0.1) is 18.0 Å². The van der Waals surface area contributed by atoms with Crippen molar-refractivity contribution >= 4 is 22.1 Å². The average Bonchev–Trinajstić information content (AvgIpc) is 3.04. The van der Waals surface area contributed by atoms with Crippen molar-refractivity contribution in [2.75, 3.05) is 19.7 Å². The molecule has 4 rings (SSSR count). The van der Waals surface area contributed by atoms with Gasteiger partial charge < -0.3 is 15.4 Å². The fourth-order valence-corrected chi connectivity index (χ4v) is 5.76. The third kappa shape index (κ3) is 9.01. The lowest BCUT2D eigenvalue weighted by molar-refractivity contribution is -0.120. The number of amides is 2. The SMILES string of the molecule is Cc1ccc(S(=O)(=O)OCCCC(CNC(=O)CNC(=O)OCc2ccccc2)(c2ccccc2)c2ccccc2)cc1. The van der Waals surface area contributed by atoms with E-state index in [4.69, 9.17) is 8.92 Å². The van der Waals surface area contributed by atoms with Crippen LogP contribution in [0.1, 0.15) is 35.1 Å².